The van der Waals surface area contributed by atoms with Gasteiger partial charge in [-0.1, -0.05) is 19.9 Å². The molecule has 0 aliphatic carbocycles. The molecule has 0 aliphatic heterocycles. The molecule has 0 saturated heterocycles. The zero-order valence-corrected chi connectivity index (χ0v) is 12.7. The van der Waals surface area contributed by atoms with Crippen LogP contribution in [0, 0.1) is 0 Å². The lowest BCUT2D eigenvalue weighted by Gasteiger charge is -2.08. The SMILES string of the molecule is CCCOC(=O)C(=Cc1ccc(O)c(O)c1)C(=O)OCCC. The lowest BCUT2D eigenvalue weighted by atomic mass is 10.1. The van der Waals surface area contributed by atoms with Crippen LogP contribution in [0.1, 0.15) is 32.3 Å². The molecule has 0 heterocycles. The Morgan fingerprint density at radius 2 is 1.55 bits per heavy atom. The third-order valence-corrected chi connectivity index (χ3v) is 2.62. The van der Waals surface area contributed by atoms with E-state index in [1.165, 1.54) is 24.3 Å². The van der Waals surface area contributed by atoms with Crippen molar-refractivity contribution in [3.8, 4) is 11.5 Å². The number of benzene rings is 1. The Morgan fingerprint density at radius 1 is 1.00 bits per heavy atom. The minimum Gasteiger partial charge on any atom is -0.504 e. The molecule has 0 aliphatic rings. The van der Waals surface area contributed by atoms with Crippen LogP contribution >= 0.6 is 0 Å². The predicted molar refractivity (Wildman–Crippen MR) is 80.2 cm³/mol. The first-order valence-corrected chi connectivity index (χ1v) is 7.07. The maximum atomic E-state index is 12.0. The summed E-state index contributed by atoms with van der Waals surface area (Å²) in [6.45, 7) is 4.06. The average Bonchev–Trinajstić information content (AvgIpc) is 2.51. The van der Waals surface area contributed by atoms with E-state index in [0.717, 1.165) is 0 Å². The summed E-state index contributed by atoms with van der Waals surface area (Å²) in [4.78, 5) is 23.9. The number of hydrogen-bond donors (Lipinski definition) is 2. The van der Waals surface area contributed by atoms with Crippen molar-refractivity contribution in [3.63, 3.8) is 0 Å². The van der Waals surface area contributed by atoms with Gasteiger partial charge in [-0.15, -0.1) is 0 Å². The summed E-state index contributed by atoms with van der Waals surface area (Å²) in [6, 6.07) is 3.94. The van der Waals surface area contributed by atoms with Gasteiger partial charge in [0.15, 0.2) is 11.5 Å². The molecule has 0 radical (unpaired) electrons. The van der Waals surface area contributed by atoms with E-state index >= 15 is 0 Å². The van der Waals surface area contributed by atoms with E-state index in [0.29, 0.717) is 18.4 Å². The van der Waals surface area contributed by atoms with Gasteiger partial charge in [0.25, 0.3) is 0 Å². The molecule has 1 rings (SSSR count). The van der Waals surface area contributed by atoms with E-state index in [9.17, 15) is 19.8 Å². The van der Waals surface area contributed by atoms with Gasteiger partial charge in [-0.2, -0.15) is 0 Å². The van der Waals surface area contributed by atoms with E-state index in [-0.39, 0.29) is 30.3 Å². The molecule has 0 aromatic heterocycles. The van der Waals surface area contributed by atoms with Crippen LogP contribution in [0.4, 0.5) is 0 Å². The molecule has 0 bridgehead atoms. The number of carbonyl (C=O) groups excluding carboxylic acids is 2. The second-order valence-electron chi connectivity index (χ2n) is 4.58. The second-order valence-corrected chi connectivity index (χ2v) is 4.58. The highest BCUT2D eigenvalue weighted by molar-refractivity contribution is 6.17. The van der Waals surface area contributed by atoms with E-state index in [1.54, 1.807) is 0 Å². The first kappa shape index (κ1) is 17.6. The highest BCUT2D eigenvalue weighted by Gasteiger charge is 2.21. The van der Waals surface area contributed by atoms with Gasteiger partial charge in [0.05, 0.1) is 13.2 Å². The maximum Gasteiger partial charge on any atom is 0.345 e. The van der Waals surface area contributed by atoms with Gasteiger partial charge >= 0.3 is 11.9 Å². The van der Waals surface area contributed by atoms with Crippen LogP contribution in [0.5, 0.6) is 11.5 Å². The number of aromatic hydroxyl groups is 2. The molecule has 0 unspecified atom stereocenters. The molecule has 0 saturated carbocycles. The predicted octanol–water partition coefficient (Wildman–Crippen LogP) is 2.39. The zero-order valence-electron chi connectivity index (χ0n) is 12.7. The van der Waals surface area contributed by atoms with Gasteiger partial charge in [0, 0.05) is 0 Å². The van der Waals surface area contributed by atoms with E-state index in [2.05, 4.69) is 0 Å². The van der Waals surface area contributed by atoms with Crippen molar-refractivity contribution in [2.45, 2.75) is 26.7 Å². The van der Waals surface area contributed by atoms with Gasteiger partial charge in [-0.25, -0.2) is 9.59 Å². The smallest absolute Gasteiger partial charge is 0.345 e. The third kappa shape index (κ3) is 5.12. The fourth-order valence-electron chi connectivity index (χ4n) is 1.54. The number of ether oxygens (including phenoxy) is 2. The van der Waals surface area contributed by atoms with Crippen molar-refractivity contribution in [1.82, 2.24) is 0 Å². The summed E-state index contributed by atoms with van der Waals surface area (Å²) in [5, 5.41) is 18.7. The topological polar surface area (TPSA) is 93.1 Å². The van der Waals surface area contributed by atoms with Crippen molar-refractivity contribution in [1.29, 1.82) is 0 Å². The van der Waals surface area contributed by atoms with Crippen LogP contribution in [0.3, 0.4) is 0 Å². The minimum atomic E-state index is -0.782. The highest BCUT2D eigenvalue weighted by Crippen LogP contribution is 2.26. The number of carbonyl (C=O) groups is 2. The third-order valence-electron chi connectivity index (χ3n) is 2.62. The first-order valence-electron chi connectivity index (χ1n) is 7.07. The monoisotopic (exact) mass is 308 g/mol. The van der Waals surface area contributed by atoms with Crippen LogP contribution in [0.25, 0.3) is 6.08 Å². The van der Waals surface area contributed by atoms with Crippen LogP contribution < -0.4 is 0 Å². The Morgan fingerprint density at radius 3 is 2.00 bits per heavy atom. The molecular formula is C16H20O6. The van der Waals surface area contributed by atoms with Gasteiger partial charge in [-0.05, 0) is 36.6 Å². The molecule has 6 nitrogen and oxygen atoms in total. The molecule has 0 amide bonds. The molecule has 22 heavy (non-hydrogen) atoms. The Bertz CT molecular complexity index is 540. The number of esters is 2. The van der Waals surface area contributed by atoms with Crippen molar-refractivity contribution in [2.75, 3.05) is 13.2 Å². The summed E-state index contributed by atoms with van der Waals surface area (Å²) in [5.74, 6) is -2.20. The number of rotatable bonds is 7. The molecule has 0 fully saturated rings. The Balaban J connectivity index is 3.06. The zero-order chi connectivity index (χ0) is 16.5. The van der Waals surface area contributed by atoms with Gasteiger partial charge in [0.1, 0.15) is 5.57 Å². The maximum absolute atomic E-state index is 12.0. The molecular weight excluding hydrogens is 288 g/mol. The molecule has 2 N–H and O–H groups in total. The average molecular weight is 308 g/mol. The second kappa shape index (κ2) is 8.71. The summed E-state index contributed by atoms with van der Waals surface area (Å²) in [6.07, 6.45) is 2.52. The fraction of sp³-hybridized carbons (Fsp3) is 0.375. The minimum absolute atomic E-state index is 0.193. The van der Waals surface area contributed by atoms with Crippen molar-refractivity contribution >= 4 is 18.0 Å². The molecule has 1 aromatic rings. The van der Waals surface area contributed by atoms with Gasteiger partial charge in [-0.3, -0.25) is 0 Å². The van der Waals surface area contributed by atoms with Crippen LogP contribution in [-0.2, 0) is 19.1 Å². The fourth-order valence-corrected chi connectivity index (χ4v) is 1.54. The van der Waals surface area contributed by atoms with Gasteiger partial charge in [0.2, 0.25) is 0 Å². The van der Waals surface area contributed by atoms with Crippen molar-refractivity contribution in [2.24, 2.45) is 0 Å². The lowest BCUT2D eigenvalue weighted by Crippen LogP contribution is -2.19. The van der Waals surface area contributed by atoms with E-state index < -0.39 is 11.9 Å². The van der Waals surface area contributed by atoms with E-state index in [4.69, 9.17) is 9.47 Å². The highest BCUT2D eigenvalue weighted by atomic mass is 16.6. The quantitative estimate of drug-likeness (QED) is 0.264. The first-order chi connectivity index (χ1) is 10.5. The van der Waals surface area contributed by atoms with E-state index in [1.807, 2.05) is 13.8 Å². The summed E-state index contributed by atoms with van der Waals surface area (Å²) < 4.78 is 9.92. The number of phenolic OH excluding ortho intramolecular Hbond substituents is 2. The standard InChI is InChI=1S/C16H20O6/c1-3-7-21-15(19)12(16(20)22-8-4-2)9-11-5-6-13(17)14(18)10-11/h5-6,9-10,17-18H,3-4,7-8H2,1-2H3. The van der Waals surface area contributed by atoms with Crippen LogP contribution in [0.2, 0.25) is 0 Å². The molecule has 120 valence electrons. The molecule has 1 aromatic carbocycles. The summed E-state index contributed by atoms with van der Waals surface area (Å²) in [7, 11) is 0. The molecule has 6 heteroatoms. The van der Waals surface area contributed by atoms with Crippen molar-refractivity contribution < 1.29 is 29.3 Å². The largest absolute Gasteiger partial charge is 0.504 e. The molecule has 0 atom stereocenters. The van der Waals surface area contributed by atoms with Gasteiger partial charge < -0.3 is 19.7 Å². The number of phenols is 2. The summed E-state index contributed by atoms with van der Waals surface area (Å²) in [5.41, 5.74) is 0.110. The van der Waals surface area contributed by atoms with Crippen molar-refractivity contribution in [3.05, 3.63) is 29.3 Å². The Hall–Kier alpha value is -2.50. The normalized spacial score (nSPS) is 9.91. The number of hydrogen-bond acceptors (Lipinski definition) is 6. The molecule has 0 spiro atoms. The van der Waals surface area contributed by atoms with Crippen LogP contribution in [-0.4, -0.2) is 35.4 Å². The summed E-state index contributed by atoms with van der Waals surface area (Å²) >= 11 is 0. The lowest BCUT2D eigenvalue weighted by molar-refractivity contribution is -0.147. The Kier molecular flexibility index (Phi) is 6.95. The Labute approximate surface area is 129 Å². The van der Waals surface area contributed by atoms with Crippen LogP contribution in [0.15, 0.2) is 23.8 Å².